The number of benzene rings is 2. The lowest BCUT2D eigenvalue weighted by Gasteiger charge is -2.26. The Hall–Kier alpha value is -4.46. The number of ether oxygens (including phenoxy) is 1. The summed E-state index contributed by atoms with van der Waals surface area (Å²) in [6, 6.07) is 16.0. The van der Waals surface area contributed by atoms with Crippen LogP contribution in [0.25, 0.3) is 17.4 Å². The van der Waals surface area contributed by atoms with E-state index in [0.717, 1.165) is 10.5 Å². The molecule has 1 aliphatic rings. The lowest BCUT2D eigenvalue weighted by molar-refractivity contribution is -0.122. The second kappa shape index (κ2) is 8.96. The maximum Gasteiger partial charge on any atom is 0.338 e. The molecule has 4 amide bonds. The topological polar surface area (TPSA) is 106 Å². The number of esters is 1. The van der Waals surface area contributed by atoms with E-state index in [9.17, 15) is 19.2 Å². The Balaban J connectivity index is 1.68. The molecule has 0 radical (unpaired) electrons. The molecule has 1 saturated heterocycles. The van der Waals surface area contributed by atoms with Crippen LogP contribution >= 0.6 is 0 Å². The molecule has 1 aromatic heterocycles. The van der Waals surface area contributed by atoms with Crippen molar-refractivity contribution < 1.29 is 28.3 Å². The molecule has 8 heteroatoms. The summed E-state index contributed by atoms with van der Waals surface area (Å²) in [5.74, 6) is -1.50. The number of nitrogens with zero attached hydrogens (tertiary/aromatic N) is 1. The number of barbiturate groups is 1. The van der Waals surface area contributed by atoms with Crippen LogP contribution in [0.15, 0.2) is 70.7 Å². The van der Waals surface area contributed by atoms with Crippen LogP contribution in [0.2, 0.25) is 0 Å². The number of imide groups is 2. The van der Waals surface area contributed by atoms with E-state index in [4.69, 9.17) is 9.15 Å². The number of urea groups is 1. The summed E-state index contributed by atoms with van der Waals surface area (Å²) in [5, 5.41) is 2.18. The van der Waals surface area contributed by atoms with Crippen molar-refractivity contribution in [2.75, 3.05) is 11.5 Å². The van der Waals surface area contributed by atoms with Crippen molar-refractivity contribution in [3.63, 3.8) is 0 Å². The second-order valence-corrected chi connectivity index (χ2v) is 7.26. The zero-order valence-electron chi connectivity index (χ0n) is 18.0. The summed E-state index contributed by atoms with van der Waals surface area (Å²) in [7, 11) is 0. The Kier molecular flexibility index (Phi) is 5.91. The highest BCUT2D eigenvalue weighted by atomic mass is 16.5. The summed E-state index contributed by atoms with van der Waals surface area (Å²) in [4.78, 5) is 50.9. The number of nitrogens with one attached hydrogen (secondary N) is 1. The molecule has 3 aromatic rings. The zero-order valence-corrected chi connectivity index (χ0v) is 18.0. The van der Waals surface area contributed by atoms with Crippen molar-refractivity contribution in [2.24, 2.45) is 0 Å². The fourth-order valence-corrected chi connectivity index (χ4v) is 3.46. The number of anilines is 1. The number of aryl methyl sites for hydroxylation is 1. The molecule has 33 heavy (non-hydrogen) atoms. The summed E-state index contributed by atoms with van der Waals surface area (Å²) in [6.07, 6.45) is 1.27. The molecule has 1 N–H and O–H groups in total. The van der Waals surface area contributed by atoms with Crippen molar-refractivity contribution in [3.8, 4) is 11.3 Å². The van der Waals surface area contributed by atoms with Gasteiger partial charge in [-0.2, -0.15) is 0 Å². The van der Waals surface area contributed by atoms with Gasteiger partial charge in [0.05, 0.1) is 17.9 Å². The largest absolute Gasteiger partial charge is 0.462 e. The smallest absolute Gasteiger partial charge is 0.338 e. The summed E-state index contributed by atoms with van der Waals surface area (Å²) in [5.41, 5.74) is 1.79. The Morgan fingerprint density at radius 2 is 1.85 bits per heavy atom. The van der Waals surface area contributed by atoms with Crippen LogP contribution < -0.4 is 10.2 Å². The Labute approximate surface area is 189 Å². The fraction of sp³-hybridized carbons (Fsp3) is 0.120. The van der Waals surface area contributed by atoms with Crippen LogP contribution in [0, 0.1) is 6.92 Å². The lowest BCUT2D eigenvalue weighted by atomic mass is 10.1. The first-order valence-corrected chi connectivity index (χ1v) is 10.2. The van der Waals surface area contributed by atoms with Gasteiger partial charge in [0.25, 0.3) is 11.8 Å². The van der Waals surface area contributed by atoms with Crippen LogP contribution in [0.1, 0.15) is 28.6 Å². The summed E-state index contributed by atoms with van der Waals surface area (Å²) in [6.45, 7) is 3.78. The molecule has 166 valence electrons. The van der Waals surface area contributed by atoms with Crippen LogP contribution in [0.4, 0.5) is 10.5 Å². The molecule has 1 aliphatic heterocycles. The van der Waals surface area contributed by atoms with E-state index in [-0.39, 0.29) is 17.9 Å². The maximum atomic E-state index is 13.0. The Morgan fingerprint density at radius 3 is 2.61 bits per heavy atom. The molecule has 2 aromatic carbocycles. The van der Waals surface area contributed by atoms with Crippen molar-refractivity contribution >= 4 is 35.6 Å². The SMILES string of the molecule is CCOC(=O)c1ccccc1-c1ccc(C=C2C(=O)NC(=O)N(c3cccc(C)c3)C2=O)o1. The van der Waals surface area contributed by atoms with Gasteiger partial charge in [0.15, 0.2) is 0 Å². The Morgan fingerprint density at radius 1 is 1.06 bits per heavy atom. The lowest BCUT2D eigenvalue weighted by Crippen LogP contribution is -2.54. The molecule has 1 fully saturated rings. The van der Waals surface area contributed by atoms with Gasteiger partial charge in [0.2, 0.25) is 0 Å². The van der Waals surface area contributed by atoms with Gasteiger partial charge in [-0.25, -0.2) is 14.5 Å². The highest BCUT2D eigenvalue weighted by Crippen LogP contribution is 2.28. The standard InChI is InChI=1S/C25H20N2O6/c1-3-32-24(30)19-10-5-4-9-18(19)21-12-11-17(33-21)14-20-22(28)26-25(31)27(23(20)29)16-8-6-7-15(2)13-16/h4-14H,3H2,1-2H3,(H,26,28,31). The minimum absolute atomic E-state index is 0.209. The van der Waals surface area contributed by atoms with E-state index in [1.54, 1.807) is 61.5 Å². The number of carbonyl (C=O) groups is 4. The van der Waals surface area contributed by atoms with E-state index < -0.39 is 23.8 Å². The third-order valence-corrected chi connectivity index (χ3v) is 4.96. The maximum absolute atomic E-state index is 13.0. The van der Waals surface area contributed by atoms with Crippen LogP contribution in [-0.4, -0.2) is 30.4 Å². The number of rotatable bonds is 5. The molecule has 0 bridgehead atoms. The minimum Gasteiger partial charge on any atom is -0.462 e. The van der Waals surface area contributed by atoms with Crippen LogP contribution in [-0.2, 0) is 14.3 Å². The number of hydrogen-bond donors (Lipinski definition) is 1. The van der Waals surface area contributed by atoms with Gasteiger partial charge in [-0.05, 0) is 55.8 Å². The van der Waals surface area contributed by atoms with E-state index in [1.807, 2.05) is 13.0 Å². The Bertz CT molecular complexity index is 1300. The molecular weight excluding hydrogens is 424 g/mol. The molecule has 0 unspecified atom stereocenters. The number of hydrogen-bond acceptors (Lipinski definition) is 6. The predicted molar refractivity (Wildman–Crippen MR) is 120 cm³/mol. The molecule has 0 saturated carbocycles. The van der Waals surface area contributed by atoms with Gasteiger partial charge in [0, 0.05) is 5.56 Å². The predicted octanol–water partition coefficient (Wildman–Crippen LogP) is 4.10. The van der Waals surface area contributed by atoms with E-state index in [2.05, 4.69) is 5.32 Å². The molecule has 0 atom stereocenters. The first-order valence-electron chi connectivity index (χ1n) is 10.2. The van der Waals surface area contributed by atoms with Gasteiger partial charge in [-0.15, -0.1) is 0 Å². The third-order valence-electron chi connectivity index (χ3n) is 4.96. The summed E-state index contributed by atoms with van der Waals surface area (Å²) < 4.78 is 10.9. The zero-order chi connectivity index (χ0) is 23.5. The fourth-order valence-electron chi connectivity index (χ4n) is 3.46. The molecular formula is C25H20N2O6. The van der Waals surface area contributed by atoms with Crippen molar-refractivity contribution in [3.05, 3.63) is 83.1 Å². The average molecular weight is 444 g/mol. The van der Waals surface area contributed by atoms with Crippen molar-refractivity contribution in [1.82, 2.24) is 5.32 Å². The number of furan rings is 1. The van der Waals surface area contributed by atoms with Gasteiger partial charge in [0.1, 0.15) is 17.1 Å². The highest BCUT2D eigenvalue weighted by Gasteiger charge is 2.37. The van der Waals surface area contributed by atoms with E-state index in [0.29, 0.717) is 22.6 Å². The monoisotopic (exact) mass is 444 g/mol. The quantitative estimate of drug-likeness (QED) is 0.361. The molecule has 2 heterocycles. The molecule has 0 spiro atoms. The molecule has 8 nitrogen and oxygen atoms in total. The number of amides is 4. The first kappa shape index (κ1) is 21.8. The summed E-state index contributed by atoms with van der Waals surface area (Å²) >= 11 is 0. The third kappa shape index (κ3) is 4.31. The first-order chi connectivity index (χ1) is 15.9. The van der Waals surface area contributed by atoms with Gasteiger partial charge >= 0.3 is 12.0 Å². The average Bonchev–Trinajstić information content (AvgIpc) is 3.25. The van der Waals surface area contributed by atoms with Crippen molar-refractivity contribution in [1.29, 1.82) is 0 Å². The van der Waals surface area contributed by atoms with E-state index >= 15 is 0 Å². The van der Waals surface area contributed by atoms with Gasteiger partial charge in [-0.3, -0.25) is 14.9 Å². The second-order valence-electron chi connectivity index (χ2n) is 7.26. The van der Waals surface area contributed by atoms with Crippen molar-refractivity contribution in [2.45, 2.75) is 13.8 Å². The van der Waals surface area contributed by atoms with E-state index in [1.165, 1.54) is 6.08 Å². The van der Waals surface area contributed by atoms with Gasteiger partial charge in [-0.1, -0.05) is 30.3 Å². The minimum atomic E-state index is -0.823. The molecule has 0 aliphatic carbocycles. The normalized spacial score (nSPS) is 15.0. The van der Waals surface area contributed by atoms with Crippen LogP contribution in [0.5, 0.6) is 0 Å². The van der Waals surface area contributed by atoms with Gasteiger partial charge < -0.3 is 9.15 Å². The molecule has 4 rings (SSSR count). The number of carbonyl (C=O) groups excluding carboxylic acids is 4. The van der Waals surface area contributed by atoms with Crippen LogP contribution in [0.3, 0.4) is 0 Å². The highest BCUT2D eigenvalue weighted by molar-refractivity contribution is 6.39.